The van der Waals surface area contributed by atoms with Gasteiger partial charge in [-0.1, -0.05) is 72.8 Å². The van der Waals surface area contributed by atoms with E-state index in [1.165, 1.54) is 0 Å². The average Bonchev–Trinajstić information content (AvgIpc) is 2.65. The van der Waals surface area contributed by atoms with Crippen LogP contribution in [0.1, 0.15) is 31.0 Å². The number of fused-ring (bicyclic) bond motifs is 1. The molecule has 27 heavy (non-hydrogen) atoms. The fourth-order valence-electron chi connectivity index (χ4n) is 3.20. The summed E-state index contributed by atoms with van der Waals surface area (Å²) in [5, 5.41) is 14.3. The van der Waals surface area contributed by atoms with Gasteiger partial charge in [0, 0.05) is 6.42 Å². The number of nitrogens with zero attached hydrogens (tertiary/aromatic N) is 1. The average molecular weight is 358 g/mol. The topological polar surface area (TPSA) is 62.1 Å². The molecule has 136 valence electrons. The molecule has 0 heterocycles. The maximum atomic E-state index is 12.4. The Morgan fingerprint density at radius 2 is 1.70 bits per heavy atom. The van der Waals surface area contributed by atoms with Gasteiger partial charge in [-0.05, 0) is 35.7 Å². The van der Waals surface area contributed by atoms with Crippen LogP contribution in [0.25, 0.3) is 10.8 Å². The lowest BCUT2D eigenvalue weighted by molar-refractivity contribution is 0.0383. The molecule has 4 heteroatoms. The molecule has 3 rings (SSSR count). The Morgan fingerprint density at radius 3 is 2.44 bits per heavy atom. The van der Waals surface area contributed by atoms with Crippen molar-refractivity contribution in [2.75, 3.05) is 0 Å². The first-order chi connectivity index (χ1) is 13.0. The molecule has 0 fully saturated rings. The molecule has 3 aromatic rings. The monoisotopic (exact) mass is 358 g/mol. The number of benzene rings is 3. The molecule has 0 unspecified atom stereocenters. The summed E-state index contributed by atoms with van der Waals surface area (Å²) in [6.07, 6.45) is -0.0114. The third kappa shape index (κ3) is 4.65. The van der Waals surface area contributed by atoms with Crippen LogP contribution in [0.3, 0.4) is 0 Å². The van der Waals surface area contributed by atoms with Gasteiger partial charge >= 0.3 is 6.09 Å². The summed E-state index contributed by atoms with van der Waals surface area (Å²) in [5.41, 5.74) is 1.15. The Hall–Kier alpha value is -3.32. The Labute approximate surface area is 159 Å². The number of ether oxygens (including phenoxy) is 1. The highest BCUT2D eigenvalue weighted by molar-refractivity contribution is 5.87. The molecule has 1 atom stereocenters. The lowest BCUT2D eigenvalue weighted by atomic mass is 9.98. The van der Waals surface area contributed by atoms with Gasteiger partial charge in [-0.15, -0.1) is 0 Å². The van der Waals surface area contributed by atoms with Crippen LogP contribution >= 0.6 is 0 Å². The van der Waals surface area contributed by atoms with Gasteiger partial charge in [-0.25, -0.2) is 4.79 Å². The number of hydrogen-bond acceptors (Lipinski definition) is 3. The second-order valence-electron chi connectivity index (χ2n) is 7.09. The highest BCUT2D eigenvalue weighted by atomic mass is 16.6. The van der Waals surface area contributed by atoms with Gasteiger partial charge in [0.15, 0.2) is 0 Å². The molecule has 0 aliphatic carbocycles. The fourth-order valence-corrected chi connectivity index (χ4v) is 3.20. The highest BCUT2D eigenvalue weighted by Gasteiger charge is 2.25. The molecule has 3 aromatic carbocycles. The first kappa shape index (κ1) is 18.5. The molecule has 1 amide bonds. The van der Waals surface area contributed by atoms with Crippen LogP contribution in [-0.4, -0.2) is 11.7 Å². The SMILES string of the molecule is CC(C)(Cc1ccccc1)OC(=O)N[C@H](C#N)c1cccc2ccccc12. The molecule has 0 aliphatic rings. The van der Waals surface area contributed by atoms with Crippen molar-refractivity contribution in [1.82, 2.24) is 5.32 Å². The zero-order valence-electron chi connectivity index (χ0n) is 15.5. The summed E-state index contributed by atoms with van der Waals surface area (Å²) >= 11 is 0. The number of amides is 1. The number of nitriles is 1. The standard InChI is InChI=1S/C23H22N2O2/c1-23(2,15-17-9-4-3-5-10-17)27-22(26)25-21(16-24)20-14-8-12-18-11-6-7-13-19(18)20/h3-14,21H,15H2,1-2H3,(H,25,26)/t21-/m1/s1. The Morgan fingerprint density at radius 1 is 1.04 bits per heavy atom. The summed E-state index contributed by atoms with van der Waals surface area (Å²) in [5.74, 6) is 0. The van der Waals surface area contributed by atoms with Gasteiger partial charge in [0.1, 0.15) is 11.6 Å². The van der Waals surface area contributed by atoms with E-state index in [0.29, 0.717) is 6.42 Å². The molecule has 0 aromatic heterocycles. The minimum atomic E-state index is -0.781. The van der Waals surface area contributed by atoms with E-state index in [0.717, 1.165) is 21.9 Å². The zero-order chi connectivity index (χ0) is 19.3. The van der Waals surface area contributed by atoms with E-state index in [4.69, 9.17) is 4.74 Å². The normalized spacial score (nSPS) is 12.2. The smallest absolute Gasteiger partial charge is 0.408 e. The molecule has 0 spiro atoms. The summed E-state index contributed by atoms with van der Waals surface area (Å²) in [7, 11) is 0. The number of rotatable bonds is 5. The van der Waals surface area contributed by atoms with Crippen LogP contribution in [0.5, 0.6) is 0 Å². The van der Waals surface area contributed by atoms with E-state index in [1.807, 2.05) is 86.6 Å². The van der Waals surface area contributed by atoms with Gasteiger partial charge in [0.25, 0.3) is 0 Å². The Balaban J connectivity index is 1.73. The van der Waals surface area contributed by atoms with Crippen molar-refractivity contribution in [3.05, 3.63) is 83.9 Å². The fraction of sp³-hybridized carbons (Fsp3) is 0.217. The van der Waals surface area contributed by atoms with Crippen molar-refractivity contribution < 1.29 is 9.53 Å². The molecule has 1 N–H and O–H groups in total. The summed E-state index contributed by atoms with van der Waals surface area (Å²) in [6.45, 7) is 3.72. The van der Waals surface area contributed by atoms with Gasteiger partial charge in [0.05, 0.1) is 6.07 Å². The van der Waals surface area contributed by atoms with Crippen molar-refractivity contribution in [3.8, 4) is 6.07 Å². The van der Waals surface area contributed by atoms with Gasteiger partial charge in [0.2, 0.25) is 0 Å². The van der Waals surface area contributed by atoms with Crippen molar-refractivity contribution in [1.29, 1.82) is 5.26 Å². The first-order valence-corrected chi connectivity index (χ1v) is 8.89. The van der Waals surface area contributed by atoms with Gasteiger partial charge < -0.3 is 10.1 Å². The second kappa shape index (κ2) is 7.92. The van der Waals surface area contributed by atoms with Crippen LogP contribution in [0.15, 0.2) is 72.8 Å². The van der Waals surface area contributed by atoms with E-state index in [2.05, 4.69) is 11.4 Å². The maximum absolute atomic E-state index is 12.4. The van der Waals surface area contributed by atoms with Gasteiger partial charge in [-0.3, -0.25) is 0 Å². The van der Waals surface area contributed by atoms with Crippen molar-refractivity contribution >= 4 is 16.9 Å². The summed E-state index contributed by atoms with van der Waals surface area (Å²) in [6, 6.07) is 24.7. The van der Waals surface area contributed by atoms with Crippen LogP contribution in [0.4, 0.5) is 4.79 Å². The summed E-state index contributed by atoms with van der Waals surface area (Å²) in [4.78, 5) is 12.4. The van der Waals surface area contributed by atoms with E-state index in [-0.39, 0.29) is 0 Å². The van der Waals surface area contributed by atoms with Crippen molar-refractivity contribution in [2.45, 2.75) is 31.9 Å². The molecule has 0 bridgehead atoms. The quantitative estimate of drug-likeness (QED) is 0.686. The number of carbonyl (C=O) groups is 1. The molecular formula is C23H22N2O2. The first-order valence-electron chi connectivity index (χ1n) is 8.89. The second-order valence-corrected chi connectivity index (χ2v) is 7.09. The lowest BCUT2D eigenvalue weighted by Gasteiger charge is -2.26. The predicted molar refractivity (Wildman–Crippen MR) is 106 cm³/mol. The summed E-state index contributed by atoms with van der Waals surface area (Å²) < 4.78 is 5.61. The van der Waals surface area contributed by atoms with E-state index >= 15 is 0 Å². The van der Waals surface area contributed by atoms with E-state index in [1.54, 1.807) is 0 Å². The highest BCUT2D eigenvalue weighted by Crippen LogP contribution is 2.25. The third-order valence-electron chi connectivity index (χ3n) is 4.37. The van der Waals surface area contributed by atoms with Crippen LogP contribution in [-0.2, 0) is 11.2 Å². The minimum Gasteiger partial charge on any atom is -0.443 e. The molecule has 4 nitrogen and oxygen atoms in total. The Kier molecular flexibility index (Phi) is 5.42. The maximum Gasteiger partial charge on any atom is 0.408 e. The number of alkyl carbamates (subject to hydrolysis) is 1. The van der Waals surface area contributed by atoms with Crippen LogP contribution in [0.2, 0.25) is 0 Å². The molecule has 0 saturated heterocycles. The molecular weight excluding hydrogens is 336 g/mol. The van der Waals surface area contributed by atoms with Crippen LogP contribution in [0, 0.1) is 11.3 Å². The molecule has 0 aliphatic heterocycles. The largest absolute Gasteiger partial charge is 0.443 e. The lowest BCUT2D eigenvalue weighted by Crippen LogP contribution is -2.37. The minimum absolute atomic E-state index is 0.590. The molecule has 0 saturated carbocycles. The number of hydrogen-bond donors (Lipinski definition) is 1. The third-order valence-corrected chi connectivity index (χ3v) is 4.37. The predicted octanol–water partition coefficient (Wildman–Crippen LogP) is 5.15. The molecule has 0 radical (unpaired) electrons. The van der Waals surface area contributed by atoms with Gasteiger partial charge in [-0.2, -0.15) is 5.26 Å². The Bertz CT molecular complexity index is 969. The number of nitrogens with one attached hydrogen (secondary N) is 1. The van der Waals surface area contributed by atoms with E-state index < -0.39 is 17.7 Å². The number of carbonyl (C=O) groups excluding carboxylic acids is 1. The zero-order valence-corrected chi connectivity index (χ0v) is 15.5. The van der Waals surface area contributed by atoms with Crippen LogP contribution < -0.4 is 5.32 Å². The van der Waals surface area contributed by atoms with Crippen molar-refractivity contribution in [2.24, 2.45) is 0 Å². The van der Waals surface area contributed by atoms with Crippen molar-refractivity contribution in [3.63, 3.8) is 0 Å². The van der Waals surface area contributed by atoms with E-state index in [9.17, 15) is 10.1 Å².